The van der Waals surface area contributed by atoms with Crippen molar-refractivity contribution in [3.05, 3.63) is 95.6 Å². The molecule has 0 spiro atoms. The molecule has 0 radical (unpaired) electrons. The molecule has 4 aromatic rings. The third-order valence-electron chi connectivity index (χ3n) is 4.55. The predicted octanol–water partition coefficient (Wildman–Crippen LogP) is 5.35. The Balaban J connectivity index is 1.53. The highest BCUT2D eigenvalue weighted by atomic mass is 16.5. The number of aryl methyl sites for hydroxylation is 2. The summed E-state index contributed by atoms with van der Waals surface area (Å²) in [6.45, 7) is 11.6. The van der Waals surface area contributed by atoms with Crippen LogP contribution in [0, 0.1) is 20.4 Å². The van der Waals surface area contributed by atoms with Gasteiger partial charge in [-0.1, -0.05) is 18.2 Å². The molecule has 4 rings (SSSR count). The van der Waals surface area contributed by atoms with Crippen LogP contribution in [0.1, 0.15) is 16.8 Å². The molecule has 0 fully saturated rings. The average molecular weight is 381 g/mol. The van der Waals surface area contributed by atoms with Gasteiger partial charge in [-0.3, -0.25) is 14.5 Å². The first-order valence-corrected chi connectivity index (χ1v) is 9.16. The van der Waals surface area contributed by atoms with Crippen LogP contribution in [0.5, 0.6) is 11.6 Å². The van der Waals surface area contributed by atoms with E-state index in [9.17, 15) is 0 Å². The van der Waals surface area contributed by atoms with Gasteiger partial charge in [0.2, 0.25) is 5.88 Å². The Hall–Kier alpha value is -3.98. The minimum absolute atomic E-state index is 0.540. The Kier molecular flexibility index (Phi) is 5.04. The third kappa shape index (κ3) is 4.14. The van der Waals surface area contributed by atoms with Gasteiger partial charge in [-0.2, -0.15) is 0 Å². The maximum absolute atomic E-state index is 7.03. The summed E-state index contributed by atoms with van der Waals surface area (Å²) in [4.78, 5) is 16.7. The van der Waals surface area contributed by atoms with Crippen molar-refractivity contribution in [2.24, 2.45) is 0 Å². The number of ether oxygens (including phenoxy) is 1. The van der Waals surface area contributed by atoms with E-state index in [-0.39, 0.29) is 0 Å². The van der Waals surface area contributed by atoms with Crippen LogP contribution < -0.4 is 4.74 Å². The topological polar surface area (TPSA) is 57.2 Å². The summed E-state index contributed by atoms with van der Waals surface area (Å²) in [5, 5.41) is 0. The largest absolute Gasteiger partial charge is 0.439 e. The molecule has 0 aliphatic carbocycles. The van der Waals surface area contributed by atoms with Crippen molar-refractivity contribution < 1.29 is 4.74 Å². The zero-order valence-electron chi connectivity index (χ0n) is 16.2. The fourth-order valence-corrected chi connectivity index (χ4v) is 2.99. The summed E-state index contributed by atoms with van der Waals surface area (Å²) in [6, 6.07) is 13.1. The third-order valence-corrected chi connectivity index (χ3v) is 4.55. The Morgan fingerprint density at radius 1 is 1.00 bits per heavy atom. The van der Waals surface area contributed by atoms with E-state index in [1.807, 2.05) is 30.0 Å². The first-order valence-electron chi connectivity index (χ1n) is 9.16. The summed E-state index contributed by atoms with van der Waals surface area (Å²) < 4.78 is 7.81. The molecule has 142 valence electrons. The molecule has 3 aromatic heterocycles. The Morgan fingerprint density at radius 2 is 1.83 bits per heavy atom. The van der Waals surface area contributed by atoms with Crippen LogP contribution in [0.2, 0.25) is 0 Å². The lowest BCUT2D eigenvalue weighted by Crippen LogP contribution is -2.03. The molecule has 0 atom stereocenters. The van der Waals surface area contributed by atoms with Crippen molar-refractivity contribution >= 4 is 5.69 Å². The maximum Gasteiger partial charge on any atom is 0.220 e. The van der Waals surface area contributed by atoms with Crippen LogP contribution in [0.4, 0.5) is 5.69 Å². The Morgan fingerprint density at radius 3 is 2.52 bits per heavy atom. The normalized spacial score (nSPS) is 10.5. The highest BCUT2D eigenvalue weighted by molar-refractivity contribution is 5.62. The molecule has 0 aliphatic rings. The van der Waals surface area contributed by atoms with Crippen molar-refractivity contribution in [2.75, 3.05) is 0 Å². The van der Waals surface area contributed by atoms with Gasteiger partial charge in [0.15, 0.2) is 5.69 Å². The number of imidazole rings is 1. The van der Waals surface area contributed by atoms with E-state index in [1.165, 1.54) is 0 Å². The molecule has 0 bridgehead atoms. The van der Waals surface area contributed by atoms with Gasteiger partial charge in [-0.05, 0) is 49.2 Å². The Bertz CT molecular complexity index is 1170. The van der Waals surface area contributed by atoms with Gasteiger partial charge in [0.25, 0.3) is 0 Å². The van der Waals surface area contributed by atoms with Crippen molar-refractivity contribution in [2.45, 2.75) is 20.4 Å². The number of pyridine rings is 2. The summed E-state index contributed by atoms with van der Waals surface area (Å²) in [5.41, 5.74) is 5.67. The van der Waals surface area contributed by atoms with Crippen molar-refractivity contribution in [1.29, 1.82) is 0 Å². The molecule has 0 saturated heterocycles. The van der Waals surface area contributed by atoms with Crippen LogP contribution in [-0.4, -0.2) is 19.5 Å². The van der Waals surface area contributed by atoms with Crippen molar-refractivity contribution in [1.82, 2.24) is 19.5 Å². The molecule has 0 unspecified atom stereocenters. The SMILES string of the molecule is [C-]#[N+]c1ccc(Oc2cncn2Cc2cc(C)c(-c3ccc(C)cn3)cn2)cc1. The minimum Gasteiger partial charge on any atom is -0.439 e. The molecule has 1 aromatic carbocycles. The van der Waals surface area contributed by atoms with Crippen molar-refractivity contribution in [3.63, 3.8) is 0 Å². The summed E-state index contributed by atoms with van der Waals surface area (Å²) in [6.07, 6.45) is 7.11. The van der Waals surface area contributed by atoms with E-state index in [2.05, 4.69) is 38.9 Å². The monoisotopic (exact) mass is 381 g/mol. The standard InChI is InChI=1S/C23H19N5O/c1-16-4-9-22(27-11-16)21-12-26-19(10-17(21)2)14-28-15-25-13-23(28)29-20-7-5-18(24-3)6-8-20/h4-13,15H,14H2,1-2H3. The second-order valence-electron chi connectivity index (χ2n) is 6.78. The second-order valence-corrected chi connectivity index (χ2v) is 6.78. The second kappa shape index (κ2) is 7.95. The average Bonchev–Trinajstić information content (AvgIpc) is 3.16. The molecule has 29 heavy (non-hydrogen) atoms. The molecule has 0 saturated carbocycles. The lowest BCUT2D eigenvalue weighted by molar-refractivity contribution is 0.435. The highest BCUT2D eigenvalue weighted by Gasteiger charge is 2.09. The quantitative estimate of drug-likeness (QED) is 0.437. The van der Waals surface area contributed by atoms with E-state index in [4.69, 9.17) is 11.3 Å². The van der Waals surface area contributed by atoms with Crippen LogP contribution >= 0.6 is 0 Å². The number of nitrogens with zero attached hydrogens (tertiary/aromatic N) is 5. The van der Waals surface area contributed by atoms with Crippen LogP contribution in [0.3, 0.4) is 0 Å². The summed E-state index contributed by atoms with van der Waals surface area (Å²) in [5.74, 6) is 1.27. The fourth-order valence-electron chi connectivity index (χ4n) is 2.99. The van der Waals surface area contributed by atoms with Crippen LogP contribution in [-0.2, 0) is 6.54 Å². The van der Waals surface area contributed by atoms with Crippen LogP contribution in [0.25, 0.3) is 16.1 Å². The van der Waals surface area contributed by atoms with Gasteiger partial charge in [0.1, 0.15) is 5.75 Å². The number of aromatic nitrogens is 4. The minimum atomic E-state index is 0.540. The van der Waals surface area contributed by atoms with Gasteiger partial charge < -0.3 is 4.74 Å². The molecular weight excluding hydrogens is 362 g/mol. The smallest absolute Gasteiger partial charge is 0.220 e. The molecule has 0 amide bonds. The summed E-state index contributed by atoms with van der Waals surface area (Å²) in [7, 11) is 0. The van der Waals surface area contributed by atoms with E-state index < -0.39 is 0 Å². The zero-order chi connectivity index (χ0) is 20.2. The number of benzene rings is 1. The predicted molar refractivity (Wildman–Crippen MR) is 111 cm³/mol. The Labute approximate surface area is 169 Å². The van der Waals surface area contributed by atoms with E-state index in [1.54, 1.807) is 36.8 Å². The molecule has 0 aliphatic heterocycles. The van der Waals surface area contributed by atoms with Crippen LogP contribution in [0.15, 0.2) is 67.4 Å². The molecule has 0 N–H and O–H groups in total. The first kappa shape index (κ1) is 18.4. The van der Waals surface area contributed by atoms with E-state index in [0.29, 0.717) is 23.9 Å². The molecule has 3 heterocycles. The van der Waals surface area contributed by atoms with Gasteiger partial charge in [-0.25, -0.2) is 9.83 Å². The fraction of sp³-hybridized carbons (Fsp3) is 0.130. The van der Waals surface area contributed by atoms with E-state index in [0.717, 1.165) is 28.1 Å². The van der Waals surface area contributed by atoms with Gasteiger partial charge in [0, 0.05) is 18.0 Å². The van der Waals surface area contributed by atoms with Gasteiger partial charge >= 0.3 is 0 Å². The number of hydrogen-bond acceptors (Lipinski definition) is 4. The molecular formula is C23H19N5O. The van der Waals surface area contributed by atoms with Crippen molar-refractivity contribution in [3.8, 4) is 22.9 Å². The first-order chi connectivity index (χ1) is 14.1. The van der Waals surface area contributed by atoms with Gasteiger partial charge in [-0.15, -0.1) is 0 Å². The lowest BCUT2D eigenvalue weighted by atomic mass is 10.1. The maximum atomic E-state index is 7.03. The summed E-state index contributed by atoms with van der Waals surface area (Å²) >= 11 is 0. The number of hydrogen-bond donors (Lipinski definition) is 0. The highest BCUT2D eigenvalue weighted by Crippen LogP contribution is 2.25. The molecule has 6 nitrogen and oxygen atoms in total. The zero-order valence-corrected chi connectivity index (χ0v) is 16.2. The van der Waals surface area contributed by atoms with Gasteiger partial charge in [0.05, 0.1) is 37.0 Å². The lowest BCUT2D eigenvalue weighted by Gasteiger charge is -2.11. The molecule has 6 heteroatoms. The number of rotatable bonds is 5. The van der Waals surface area contributed by atoms with E-state index >= 15 is 0 Å².